The largest absolute Gasteiger partial charge is 0.496 e. The zero-order chi connectivity index (χ0) is 11.4. The number of nitrogens with zero attached hydrogens (tertiary/aromatic N) is 1. The minimum Gasteiger partial charge on any atom is -0.496 e. The van der Waals surface area contributed by atoms with Crippen LogP contribution < -0.4 is 4.74 Å². The molecule has 0 fully saturated rings. The summed E-state index contributed by atoms with van der Waals surface area (Å²) in [4.78, 5) is 8.96. The molecule has 0 aromatic heterocycles. The molecule has 0 aliphatic heterocycles. The van der Waals surface area contributed by atoms with Gasteiger partial charge in [-0.05, 0) is 6.07 Å². The summed E-state index contributed by atoms with van der Waals surface area (Å²) in [5, 5.41) is 19.5. The summed E-state index contributed by atoms with van der Waals surface area (Å²) in [6, 6.07) is 6.02. The van der Waals surface area contributed by atoms with Gasteiger partial charge in [-0.3, -0.25) is 10.1 Å². The molecule has 1 rings (SSSR count). The normalized spacial score (nSPS) is 14.3. The van der Waals surface area contributed by atoms with Gasteiger partial charge in [0.15, 0.2) is 6.10 Å². The highest BCUT2D eigenvalue weighted by Gasteiger charge is 2.32. The predicted molar refractivity (Wildman–Crippen MR) is 49.8 cm³/mol. The summed E-state index contributed by atoms with van der Waals surface area (Å²) < 4.78 is 17.8. The second-order valence-electron chi connectivity index (χ2n) is 2.84. The van der Waals surface area contributed by atoms with E-state index in [2.05, 4.69) is 0 Å². The monoisotopic (exact) mass is 215 g/mol. The Morgan fingerprint density at radius 2 is 2.13 bits per heavy atom. The third kappa shape index (κ3) is 2.41. The summed E-state index contributed by atoms with van der Waals surface area (Å²) in [6.45, 7) is 0. The summed E-state index contributed by atoms with van der Waals surface area (Å²) in [5.74, 6) is 0.217. The van der Waals surface area contributed by atoms with Gasteiger partial charge in [0.25, 0.3) is 0 Å². The number of aliphatic hydroxyl groups excluding tert-OH is 1. The molecule has 0 aliphatic rings. The molecule has 82 valence electrons. The zero-order valence-electron chi connectivity index (χ0n) is 7.96. The number of hydrogen-bond acceptors (Lipinski definition) is 4. The van der Waals surface area contributed by atoms with Crippen LogP contribution in [0.25, 0.3) is 0 Å². The van der Waals surface area contributed by atoms with Gasteiger partial charge in [0.05, 0.1) is 12.0 Å². The molecule has 2 unspecified atom stereocenters. The van der Waals surface area contributed by atoms with E-state index in [1.54, 1.807) is 6.07 Å². The third-order valence-corrected chi connectivity index (χ3v) is 1.92. The molecule has 15 heavy (non-hydrogen) atoms. The molecule has 0 aliphatic carbocycles. The molecule has 0 radical (unpaired) electrons. The molecule has 6 heteroatoms. The first-order valence-corrected chi connectivity index (χ1v) is 4.16. The highest BCUT2D eigenvalue weighted by atomic mass is 19.1. The van der Waals surface area contributed by atoms with Crippen LogP contribution >= 0.6 is 0 Å². The van der Waals surface area contributed by atoms with E-state index in [0.29, 0.717) is 0 Å². The molecule has 1 aromatic rings. The maximum Gasteiger partial charge on any atom is 0.379 e. The molecule has 5 nitrogen and oxygen atoms in total. The number of ether oxygens (including phenoxy) is 1. The minimum absolute atomic E-state index is 0.0594. The van der Waals surface area contributed by atoms with Gasteiger partial charge >= 0.3 is 6.30 Å². The van der Waals surface area contributed by atoms with Crippen molar-refractivity contribution in [2.24, 2.45) is 0 Å². The van der Waals surface area contributed by atoms with Gasteiger partial charge in [-0.1, -0.05) is 18.2 Å². The first-order valence-electron chi connectivity index (χ1n) is 4.16. The third-order valence-electron chi connectivity index (χ3n) is 1.92. The zero-order valence-corrected chi connectivity index (χ0v) is 7.96. The summed E-state index contributed by atoms with van der Waals surface area (Å²) in [7, 11) is 1.34. The lowest BCUT2D eigenvalue weighted by atomic mass is 10.1. The Labute approximate surface area is 85.3 Å². The number of hydrogen-bond donors (Lipinski definition) is 1. The Morgan fingerprint density at radius 3 is 2.67 bits per heavy atom. The number of benzene rings is 1. The Hall–Kier alpha value is -1.69. The van der Waals surface area contributed by atoms with E-state index in [4.69, 9.17) is 4.74 Å². The van der Waals surface area contributed by atoms with Gasteiger partial charge in [-0.15, -0.1) is 0 Å². The number of rotatable bonds is 4. The lowest BCUT2D eigenvalue weighted by Crippen LogP contribution is -2.22. The molecule has 1 aromatic carbocycles. The highest BCUT2D eigenvalue weighted by molar-refractivity contribution is 5.35. The number of halogens is 1. The van der Waals surface area contributed by atoms with Crippen molar-refractivity contribution in [3.8, 4) is 5.75 Å². The van der Waals surface area contributed by atoms with Crippen LogP contribution in [0.1, 0.15) is 11.7 Å². The quantitative estimate of drug-likeness (QED) is 0.466. The van der Waals surface area contributed by atoms with Crippen molar-refractivity contribution in [2.75, 3.05) is 7.11 Å². The molecule has 1 N–H and O–H groups in total. The van der Waals surface area contributed by atoms with Crippen molar-refractivity contribution in [3.05, 3.63) is 39.9 Å². The van der Waals surface area contributed by atoms with E-state index >= 15 is 0 Å². The topological polar surface area (TPSA) is 72.6 Å². The van der Waals surface area contributed by atoms with Crippen LogP contribution in [0, 0.1) is 10.1 Å². The van der Waals surface area contributed by atoms with Gasteiger partial charge in [0.2, 0.25) is 0 Å². The van der Waals surface area contributed by atoms with Crippen molar-refractivity contribution in [1.29, 1.82) is 0 Å². The second-order valence-corrected chi connectivity index (χ2v) is 2.84. The fourth-order valence-corrected chi connectivity index (χ4v) is 1.17. The first-order chi connectivity index (χ1) is 7.07. The van der Waals surface area contributed by atoms with E-state index in [1.165, 1.54) is 25.3 Å². The van der Waals surface area contributed by atoms with Crippen LogP contribution in [0.15, 0.2) is 24.3 Å². The maximum absolute atomic E-state index is 12.9. The Kier molecular flexibility index (Phi) is 3.56. The van der Waals surface area contributed by atoms with Gasteiger partial charge in [-0.25, -0.2) is 0 Å². The van der Waals surface area contributed by atoms with E-state index in [0.717, 1.165) is 0 Å². The van der Waals surface area contributed by atoms with Crippen LogP contribution in [-0.2, 0) is 0 Å². The lowest BCUT2D eigenvalue weighted by Gasteiger charge is -2.13. The fourth-order valence-electron chi connectivity index (χ4n) is 1.17. The van der Waals surface area contributed by atoms with Gasteiger partial charge in [0.1, 0.15) is 5.75 Å². The average Bonchev–Trinajstić information content (AvgIpc) is 2.26. The molecule has 0 saturated heterocycles. The average molecular weight is 215 g/mol. The maximum atomic E-state index is 12.9. The Bertz CT molecular complexity index is 358. The van der Waals surface area contributed by atoms with Crippen molar-refractivity contribution < 1.29 is 19.2 Å². The molecular weight excluding hydrogens is 205 g/mol. The van der Waals surface area contributed by atoms with Crippen molar-refractivity contribution in [2.45, 2.75) is 12.4 Å². The number of nitro groups is 1. The standard InChI is InChI=1S/C9H10FNO4/c1-15-7-5-3-2-4-6(7)8(12)9(10)11(13)14/h2-5,8-9,12H,1H3. The SMILES string of the molecule is COc1ccccc1C(O)C(F)[N+](=O)[O-]. The van der Waals surface area contributed by atoms with Crippen molar-refractivity contribution >= 4 is 0 Å². The van der Waals surface area contributed by atoms with Crippen LogP contribution in [0.5, 0.6) is 5.75 Å². The van der Waals surface area contributed by atoms with Gasteiger partial charge in [0, 0.05) is 5.56 Å². The minimum atomic E-state index is -2.55. The number of aliphatic hydroxyl groups is 1. The number of alkyl halides is 1. The van der Waals surface area contributed by atoms with Crippen molar-refractivity contribution in [3.63, 3.8) is 0 Å². The molecule has 0 saturated carbocycles. The number of methoxy groups -OCH3 is 1. The van der Waals surface area contributed by atoms with Crippen LogP contribution in [0.3, 0.4) is 0 Å². The predicted octanol–water partition coefficient (Wildman–Crippen LogP) is 1.30. The molecule has 0 bridgehead atoms. The molecule has 0 amide bonds. The smallest absolute Gasteiger partial charge is 0.379 e. The van der Waals surface area contributed by atoms with E-state index in [1.807, 2.05) is 0 Å². The van der Waals surface area contributed by atoms with E-state index < -0.39 is 17.3 Å². The first kappa shape index (κ1) is 11.4. The number of para-hydroxylation sites is 1. The fraction of sp³-hybridized carbons (Fsp3) is 0.333. The lowest BCUT2D eigenvalue weighted by molar-refractivity contribution is -0.567. The van der Waals surface area contributed by atoms with Crippen LogP contribution in [-0.4, -0.2) is 23.4 Å². The highest BCUT2D eigenvalue weighted by Crippen LogP contribution is 2.28. The van der Waals surface area contributed by atoms with E-state index in [9.17, 15) is 19.6 Å². The van der Waals surface area contributed by atoms with Gasteiger partial charge in [-0.2, -0.15) is 4.39 Å². The molecular formula is C9H10FNO4. The van der Waals surface area contributed by atoms with Crippen molar-refractivity contribution in [1.82, 2.24) is 0 Å². The summed E-state index contributed by atoms with van der Waals surface area (Å²) in [6.07, 6.45) is -4.38. The molecule has 0 spiro atoms. The molecule has 2 atom stereocenters. The Morgan fingerprint density at radius 1 is 1.53 bits per heavy atom. The summed E-state index contributed by atoms with van der Waals surface area (Å²) >= 11 is 0. The molecule has 0 heterocycles. The van der Waals surface area contributed by atoms with Crippen LogP contribution in [0.2, 0.25) is 0 Å². The van der Waals surface area contributed by atoms with Crippen LogP contribution in [0.4, 0.5) is 4.39 Å². The van der Waals surface area contributed by atoms with Gasteiger partial charge < -0.3 is 9.84 Å². The summed E-state index contributed by atoms with van der Waals surface area (Å²) in [5.41, 5.74) is 0.0594. The Balaban J connectivity index is 2.99. The second kappa shape index (κ2) is 4.70. The van der Waals surface area contributed by atoms with E-state index in [-0.39, 0.29) is 11.3 Å².